The number of amides is 1. The second-order valence-electron chi connectivity index (χ2n) is 4.60. The molecule has 0 saturated carbocycles. The minimum atomic E-state index is 0.0462. The van der Waals surface area contributed by atoms with Crippen LogP contribution in [0.1, 0.15) is 31.4 Å². The molecule has 5 heteroatoms. The van der Waals surface area contributed by atoms with Crippen LogP contribution >= 0.6 is 15.9 Å². The van der Waals surface area contributed by atoms with Crippen molar-refractivity contribution >= 4 is 21.8 Å². The first kappa shape index (κ1) is 14.3. The van der Waals surface area contributed by atoms with Gasteiger partial charge in [-0.25, -0.2) is 0 Å². The van der Waals surface area contributed by atoms with E-state index in [9.17, 15) is 4.79 Å². The van der Waals surface area contributed by atoms with Crippen molar-refractivity contribution in [2.75, 3.05) is 19.7 Å². The number of carbonyl (C=O) groups excluding carboxylic acids is 1. The number of benzene rings is 1. The molecule has 19 heavy (non-hydrogen) atoms. The molecule has 0 bridgehead atoms. The fraction of sp³-hybridized carbons (Fsp3) is 0.500. The normalized spacial score (nSPS) is 17.5. The SMILES string of the molecule is CCCNC(=O)CNC1CCOc2ccc(Br)cc21. The number of hydrogen-bond donors (Lipinski definition) is 2. The van der Waals surface area contributed by atoms with Gasteiger partial charge in [0.2, 0.25) is 5.91 Å². The van der Waals surface area contributed by atoms with Gasteiger partial charge in [0.25, 0.3) is 0 Å². The van der Waals surface area contributed by atoms with Crippen LogP contribution in [0, 0.1) is 0 Å². The molecule has 0 saturated heterocycles. The second kappa shape index (κ2) is 6.91. The van der Waals surface area contributed by atoms with Crippen LogP contribution in [-0.2, 0) is 4.79 Å². The molecule has 1 heterocycles. The topological polar surface area (TPSA) is 50.4 Å². The van der Waals surface area contributed by atoms with Gasteiger partial charge >= 0.3 is 0 Å². The minimum Gasteiger partial charge on any atom is -0.493 e. The van der Waals surface area contributed by atoms with Gasteiger partial charge in [0.05, 0.1) is 13.2 Å². The van der Waals surface area contributed by atoms with Crippen molar-refractivity contribution in [2.45, 2.75) is 25.8 Å². The van der Waals surface area contributed by atoms with Crippen LogP contribution in [0.4, 0.5) is 0 Å². The van der Waals surface area contributed by atoms with Crippen molar-refractivity contribution in [3.05, 3.63) is 28.2 Å². The van der Waals surface area contributed by atoms with Gasteiger partial charge in [0, 0.05) is 29.0 Å². The average Bonchev–Trinajstić information content (AvgIpc) is 2.42. The van der Waals surface area contributed by atoms with Gasteiger partial charge in [-0.1, -0.05) is 22.9 Å². The third-order valence-electron chi connectivity index (χ3n) is 3.09. The fourth-order valence-corrected chi connectivity index (χ4v) is 2.50. The van der Waals surface area contributed by atoms with Gasteiger partial charge in [-0.2, -0.15) is 0 Å². The molecule has 1 amide bonds. The molecule has 1 aromatic carbocycles. The number of hydrogen-bond acceptors (Lipinski definition) is 3. The Morgan fingerprint density at radius 3 is 3.16 bits per heavy atom. The summed E-state index contributed by atoms with van der Waals surface area (Å²) in [4.78, 5) is 11.6. The van der Waals surface area contributed by atoms with Crippen molar-refractivity contribution in [1.29, 1.82) is 0 Å². The zero-order valence-corrected chi connectivity index (χ0v) is 12.6. The molecule has 1 aliphatic rings. The number of rotatable bonds is 5. The first-order valence-electron chi connectivity index (χ1n) is 6.63. The Kier molecular flexibility index (Phi) is 5.22. The minimum absolute atomic E-state index is 0.0462. The van der Waals surface area contributed by atoms with Crippen LogP contribution < -0.4 is 15.4 Å². The second-order valence-corrected chi connectivity index (χ2v) is 5.52. The van der Waals surface area contributed by atoms with Gasteiger partial charge in [0.1, 0.15) is 5.75 Å². The van der Waals surface area contributed by atoms with Crippen LogP contribution in [0.5, 0.6) is 5.75 Å². The Bertz CT molecular complexity index is 451. The number of nitrogens with one attached hydrogen (secondary N) is 2. The molecule has 0 radical (unpaired) electrons. The summed E-state index contributed by atoms with van der Waals surface area (Å²) in [5.41, 5.74) is 1.11. The predicted octanol–water partition coefficient (Wildman–Crippen LogP) is 2.39. The summed E-state index contributed by atoms with van der Waals surface area (Å²) in [6, 6.07) is 6.16. The van der Waals surface area contributed by atoms with Crippen molar-refractivity contribution in [3.63, 3.8) is 0 Å². The van der Waals surface area contributed by atoms with E-state index in [1.54, 1.807) is 0 Å². The summed E-state index contributed by atoms with van der Waals surface area (Å²) in [6.45, 7) is 3.80. The van der Waals surface area contributed by atoms with E-state index in [2.05, 4.69) is 32.6 Å². The van der Waals surface area contributed by atoms with Gasteiger partial charge < -0.3 is 15.4 Å². The lowest BCUT2D eigenvalue weighted by Gasteiger charge is -2.26. The standard InChI is InChI=1S/C14H19BrN2O2/c1-2-6-16-14(18)9-17-12-5-7-19-13-4-3-10(15)8-11(12)13/h3-4,8,12,17H,2,5-7,9H2,1H3,(H,16,18). The lowest BCUT2D eigenvalue weighted by Crippen LogP contribution is -2.37. The molecular weight excluding hydrogens is 308 g/mol. The smallest absolute Gasteiger partial charge is 0.233 e. The summed E-state index contributed by atoms with van der Waals surface area (Å²) in [7, 11) is 0. The third-order valence-corrected chi connectivity index (χ3v) is 3.59. The molecule has 1 aliphatic heterocycles. The van der Waals surface area contributed by atoms with Crippen LogP contribution in [0.3, 0.4) is 0 Å². The summed E-state index contributed by atoms with van der Waals surface area (Å²) < 4.78 is 6.65. The molecule has 104 valence electrons. The molecule has 0 fully saturated rings. The van der Waals surface area contributed by atoms with Gasteiger partial charge in [-0.05, 0) is 24.6 Å². The maximum atomic E-state index is 11.6. The number of fused-ring (bicyclic) bond motifs is 1. The molecule has 0 spiro atoms. The van der Waals surface area contributed by atoms with Crippen LogP contribution in [0.15, 0.2) is 22.7 Å². The molecule has 1 aromatic rings. The Balaban J connectivity index is 1.95. The van der Waals surface area contributed by atoms with Crippen molar-refractivity contribution in [3.8, 4) is 5.75 Å². The number of ether oxygens (including phenoxy) is 1. The monoisotopic (exact) mass is 326 g/mol. The van der Waals surface area contributed by atoms with E-state index in [1.165, 1.54) is 0 Å². The summed E-state index contributed by atoms with van der Waals surface area (Å²) in [6.07, 6.45) is 1.84. The highest BCUT2D eigenvalue weighted by molar-refractivity contribution is 9.10. The zero-order valence-electron chi connectivity index (χ0n) is 11.0. The van der Waals surface area contributed by atoms with Crippen LogP contribution in [0.2, 0.25) is 0 Å². The highest BCUT2D eigenvalue weighted by Gasteiger charge is 2.21. The number of halogens is 1. The molecule has 4 nitrogen and oxygen atoms in total. The Morgan fingerprint density at radius 2 is 2.37 bits per heavy atom. The Morgan fingerprint density at radius 1 is 1.53 bits per heavy atom. The largest absolute Gasteiger partial charge is 0.493 e. The van der Waals surface area contributed by atoms with E-state index < -0.39 is 0 Å². The van der Waals surface area contributed by atoms with Gasteiger partial charge in [-0.15, -0.1) is 0 Å². The van der Waals surface area contributed by atoms with Crippen molar-refractivity contribution < 1.29 is 9.53 Å². The van der Waals surface area contributed by atoms with Gasteiger partial charge in [0.15, 0.2) is 0 Å². The van der Waals surface area contributed by atoms with E-state index in [0.717, 1.165) is 35.2 Å². The average molecular weight is 327 g/mol. The molecule has 2 N–H and O–H groups in total. The zero-order chi connectivity index (χ0) is 13.7. The van der Waals surface area contributed by atoms with Crippen LogP contribution in [-0.4, -0.2) is 25.6 Å². The molecule has 2 rings (SSSR count). The van der Waals surface area contributed by atoms with E-state index in [-0.39, 0.29) is 11.9 Å². The fourth-order valence-electron chi connectivity index (χ4n) is 2.12. The maximum Gasteiger partial charge on any atom is 0.233 e. The highest BCUT2D eigenvalue weighted by Crippen LogP contribution is 2.33. The van der Waals surface area contributed by atoms with Crippen LogP contribution in [0.25, 0.3) is 0 Å². The van der Waals surface area contributed by atoms with E-state index in [0.29, 0.717) is 13.2 Å². The Labute approximate surface area is 122 Å². The summed E-state index contributed by atoms with van der Waals surface area (Å²) in [5.74, 6) is 0.950. The molecular formula is C14H19BrN2O2. The van der Waals surface area contributed by atoms with E-state index in [4.69, 9.17) is 4.74 Å². The number of carbonyl (C=O) groups is 1. The summed E-state index contributed by atoms with van der Waals surface area (Å²) >= 11 is 3.47. The first-order chi connectivity index (χ1) is 9.20. The molecule has 0 aliphatic carbocycles. The summed E-state index contributed by atoms with van der Waals surface area (Å²) in [5, 5.41) is 6.17. The van der Waals surface area contributed by atoms with E-state index in [1.807, 2.05) is 19.1 Å². The van der Waals surface area contributed by atoms with Crippen molar-refractivity contribution in [1.82, 2.24) is 10.6 Å². The Hall–Kier alpha value is -1.07. The maximum absolute atomic E-state index is 11.6. The van der Waals surface area contributed by atoms with E-state index >= 15 is 0 Å². The molecule has 1 unspecified atom stereocenters. The highest BCUT2D eigenvalue weighted by atomic mass is 79.9. The van der Waals surface area contributed by atoms with Crippen molar-refractivity contribution in [2.24, 2.45) is 0 Å². The quantitative estimate of drug-likeness (QED) is 0.873. The lowest BCUT2D eigenvalue weighted by molar-refractivity contribution is -0.120. The van der Waals surface area contributed by atoms with Gasteiger partial charge in [-0.3, -0.25) is 4.79 Å². The first-order valence-corrected chi connectivity index (χ1v) is 7.42. The molecule has 0 aromatic heterocycles. The predicted molar refractivity (Wildman–Crippen MR) is 78.3 cm³/mol. The third kappa shape index (κ3) is 3.94. The lowest BCUT2D eigenvalue weighted by atomic mass is 10.0. The molecule has 1 atom stereocenters.